The second-order valence-corrected chi connectivity index (χ2v) is 17.9. The minimum atomic E-state index is 0.0104. The van der Waals surface area contributed by atoms with Gasteiger partial charge in [-0.15, -0.1) is 0 Å². The van der Waals surface area contributed by atoms with Gasteiger partial charge in [0.05, 0.1) is 17.6 Å². The molecule has 0 aliphatic rings. The fourth-order valence-electron chi connectivity index (χ4n) is 10.1. The van der Waals surface area contributed by atoms with Crippen LogP contribution in [0.4, 0.5) is 0 Å². The molecule has 12 aromatic rings. The van der Waals surface area contributed by atoms with Gasteiger partial charge in [-0.25, -0.2) is 0 Å². The van der Waals surface area contributed by atoms with Gasteiger partial charge < -0.3 is 19.1 Å². The minimum absolute atomic E-state index is 0.0104. The third kappa shape index (κ3) is 8.50. The Balaban J connectivity index is 0.000000173. The predicted molar refractivity (Wildman–Crippen MR) is 308 cm³/mol. The van der Waals surface area contributed by atoms with Gasteiger partial charge in [-0.1, -0.05) is 176 Å². The molecular weight excluding hydrogens is 881 g/mol. The Morgan fingerprint density at radius 3 is 1.69 bits per heavy atom. The molecule has 3 aromatic heterocycles. The van der Waals surface area contributed by atoms with Crippen molar-refractivity contribution in [2.24, 2.45) is 10.7 Å². The average molecular weight is 935 g/mol. The number of allylic oxidation sites excluding steroid dienone is 4. The third-order valence-corrected chi connectivity index (χ3v) is 13.5. The van der Waals surface area contributed by atoms with Crippen molar-refractivity contribution in [3.05, 3.63) is 247 Å². The van der Waals surface area contributed by atoms with Gasteiger partial charge >= 0.3 is 0 Å². The van der Waals surface area contributed by atoms with Crippen molar-refractivity contribution in [1.29, 1.82) is 5.41 Å². The van der Waals surface area contributed by atoms with Gasteiger partial charge in [0.25, 0.3) is 0 Å². The highest BCUT2D eigenvalue weighted by molar-refractivity contribution is 6.25. The number of aliphatic imine (C=N–C) groups is 1. The van der Waals surface area contributed by atoms with Crippen molar-refractivity contribution in [1.82, 2.24) is 4.57 Å². The molecule has 6 nitrogen and oxygen atoms in total. The summed E-state index contributed by atoms with van der Waals surface area (Å²) < 4.78 is 15.0. The lowest BCUT2D eigenvalue weighted by molar-refractivity contribution is 0.668. The summed E-state index contributed by atoms with van der Waals surface area (Å²) in [5.74, 6) is 0.0104. The van der Waals surface area contributed by atoms with Crippen LogP contribution in [0.1, 0.15) is 39.2 Å². The number of benzene rings is 9. The summed E-state index contributed by atoms with van der Waals surface area (Å²) in [6.07, 6.45) is 11.7. The van der Waals surface area contributed by atoms with Gasteiger partial charge in [0, 0.05) is 33.1 Å². The summed E-state index contributed by atoms with van der Waals surface area (Å²) in [6, 6.07) is 58.4. The fraction of sp³-hybridized carbons (Fsp3) is 0.0606. The van der Waals surface area contributed by atoms with Crippen LogP contribution in [0.5, 0.6) is 0 Å². The number of fused-ring (bicyclic) bond motifs is 12. The van der Waals surface area contributed by atoms with Crippen molar-refractivity contribution in [2.75, 3.05) is 0 Å². The molecule has 0 aliphatic heterocycles. The number of nitrogen functional groups attached to an aromatic ring is 1. The molecule has 0 fully saturated rings. The number of nitrogens with two attached hydrogens (primary N) is 1. The first-order valence-corrected chi connectivity index (χ1v) is 24.0. The van der Waals surface area contributed by atoms with Crippen LogP contribution in [-0.4, -0.2) is 17.1 Å². The van der Waals surface area contributed by atoms with Crippen LogP contribution in [-0.2, 0) is 6.54 Å². The molecule has 0 radical (unpaired) electrons. The lowest BCUT2D eigenvalue weighted by Crippen LogP contribution is -2.11. The normalized spacial score (nSPS) is 11.5. The number of aryl methyl sites for hydroxylation is 1. The van der Waals surface area contributed by atoms with E-state index in [0.717, 1.165) is 73.0 Å². The molecule has 3 N–H and O–H groups in total. The van der Waals surface area contributed by atoms with Gasteiger partial charge in [0.1, 0.15) is 28.2 Å². The molecule has 6 heteroatoms. The zero-order chi connectivity index (χ0) is 49.9. The number of hydrogen-bond acceptors (Lipinski definition) is 4. The Bertz CT molecular complexity index is 4060. The predicted octanol–water partition coefficient (Wildman–Crippen LogP) is 17.6. The maximum Gasteiger partial charge on any atom is 0.137 e. The zero-order valence-electron chi connectivity index (χ0n) is 40.7. The first-order chi connectivity index (χ1) is 35.2. The van der Waals surface area contributed by atoms with Crippen LogP contribution in [0, 0.1) is 26.2 Å². The number of amidine groups is 1. The molecule has 3 heterocycles. The topological polar surface area (TPSA) is 93.4 Å². The van der Waals surface area contributed by atoms with E-state index in [1.807, 2.05) is 91.0 Å². The number of nitrogens with zero attached hydrogens (tertiary/aromatic N) is 2. The van der Waals surface area contributed by atoms with E-state index in [2.05, 4.69) is 153 Å². The Kier molecular flexibility index (Phi) is 12.9. The molecule has 9 aromatic carbocycles. The molecule has 0 saturated heterocycles. The lowest BCUT2D eigenvalue weighted by atomic mass is 9.93. The van der Waals surface area contributed by atoms with Crippen LogP contribution in [0.25, 0.3) is 105 Å². The Morgan fingerprint density at radius 1 is 0.542 bits per heavy atom. The zero-order valence-corrected chi connectivity index (χ0v) is 40.7. The molecule has 0 unspecified atom stereocenters. The van der Waals surface area contributed by atoms with E-state index in [-0.39, 0.29) is 5.84 Å². The Morgan fingerprint density at radius 2 is 1.08 bits per heavy atom. The van der Waals surface area contributed by atoms with E-state index >= 15 is 0 Å². The van der Waals surface area contributed by atoms with Crippen LogP contribution < -0.4 is 5.73 Å². The third-order valence-electron chi connectivity index (χ3n) is 13.5. The highest BCUT2D eigenvalue weighted by Gasteiger charge is 2.22. The first-order valence-electron chi connectivity index (χ1n) is 24.0. The highest BCUT2D eigenvalue weighted by atomic mass is 16.3. The van der Waals surface area contributed by atoms with Gasteiger partial charge in [-0.2, -0.15) is 0 Å². The van der Waals surface area contributed by atoms with E-state index in [4.69, 9.17) is 20.0 Å². The van der Waals surface area contributed by atoms with Gasteiger partial charge in [0.2, 0.25) is 0 Å². The molecule has 0 amide bonds. The number of aromatic nitrogens is 1. The molecule has 0 spiro atoms. The maximum atomic E-state index is 8.17. The van der Waals surface area contributed by atoms with Crippen molar-refractivity contribution >= 4 is 101 Å². The molecule has 72 heavy (non-hydrogen) atoms. The van der Waals surface area contributed by atoms with E-state index < -0.39 is 0 Å². The van der Waals surface area contributed by atoms with Crippen LogP contribution >= 0.6 is 0 Å². The number of furan rings is 2. The summed E-state index contributed by atoms with van der Waals surface area (Å²) >= 11 is 0. The van der Waals surface area contributed by atoms with Crippen molar-refractivity contribution in [3.8, 4) is 16.8 Å². The first kappa shape index (κ1) is 46.5. The summed E-state index contributed by atoms with van der Waals surface area (Å²) in [4.78, 5) is 3.76. The molecule has 0 saturated carbocycles. The summed E-state index contributed by atoms with van der Waals surface area (Å²) in [5.41, 5.74) is 19.8. The molecular formula is C66H54N4O2. The molecule has 0 atom stereocenters. The number of hydrogen-bond donors (Lipinski definition) is 2. The second kappa shape index (κ2) is 20.0. The van der Waals surface area contributed by atoms with E-state index in [0.29, 0.717) is 11.1 Å². The highest BCUT2D eigenvalue weighted by Crippen LogP contribution is 2.43. The largest absolute Gasteiger partial charge is 0.456 e. The summed E-state index contributed by atoms with van der Waals surface area (Å²) in [6.45, 7) is 18.4. The SMILES string of the molecule is C=C/C=C\c1c(C)c(C)c(/C=C\C=C)n1-c1cccc2oc3cccc(-c4ccc5oc6cccc(C(=N)N)c6c5c4)c3c12.C=NCc1ccccc1.Cc1ccc2c3ccccc3c3ccccc3c2c1. The molecule has 0 bridgehead atoms. The van der Waals surface area contributed by atoms with Crippen LogP contribution in [0.15, 0.2) is 221 Å². The Labute approximate surface area is 419 Å². The maximum absolute atomic E-state index is 8.17. The van der Waals surface area contributed by atoms with Crippen molar-refractivity contribution in [2.45, 2.75) is 27.3 Å². The molecule has 12 rings (SSSR count). The number of nitrogens with one attached hydrogen (secondary N) is 1. The van der Waals surface area contributed by atoms with Crippen LogP contribution in [0.3, 0.4) is 0 Å². The van der Waals surface area contributed by atoms with Gasteiger partial charge in [-0.3, -0.25) is 10.4 Å². The fourth-order valence-corrected chi connectivity index (χ4v) is 10.1. The van der Waals surface area contributed by atoms with E-state index in [1.165, 1.54) is 54.6 Å². The Hall–Kier alpha value is -9.26. The second-order valence-electron chi connectivity index (χ2n) is 17.9. The van der Waals surface area contributed by atoms with Crippen LogP contribution in [0.2, 0.25) is 0 Å². The number of rotatable bonds is 9. The monoisotopic (exact) mass is 934 g/mol. The summed E-state index contributed by atoms with van der Waals surface area (Å²) in [5, 5.41) is 20.1. The van der Waals surface area contributed by atoms with Crippen molar-refractivity contribution < 1.29 is 8.83 Å². The van der Waals surface area contributed by atoms with E-state index in [1.54, 1.807) is 12.2 Å². The standard InChI is InChI=1S/C39H31N3O2.C19H14.C8H9N/c1-5-7-14-29-23(3)24(4)30(15-8-6-2)42(29)31-16-11-19-35-38(31)37-26(12-9-18-34(37)44-35)25-20-21-32-28(22-25)36-27(39(40)41)13-10-17-33(36)43-32;1-13-10-11-18-16-8-3-2-6-14(16)15-7-4-5-9-17(15)19(18)12-13;1-9-7-8-5-3-2-4-6-8/h5-22H,1-2H2,3-4H3,(H3,40,41);2-12H,1H3;2-6H,1,7H2/b14-7-,15-8-;;. The lowest BCUT2D eigenvalue weighted by Gasteiger charge is -2.13. The van der Waals surface area contributed by atoms with E-state index in [9.17, 15) is 0 Å². The van der Waals surface area contributed by atoms with Crippen molar-refractivity contribution in [3.63, 3.8) is 0 Å². The smallest absolute Gasteiger partial charge is 0.137 e. The molecule has 0 aliphatic carbocycles. The molecule has 350 valence electrons. The minimum Gasteiger partial charge on any atom is -0.456 e. The van der Waals surface area contributed by atoms with Gasteiger partial charge in [0.15, 0.2) is 0 Å². The average Bonchev–Trinajstić information content (AvgIpc) is 4.06. The summed E-state index contributed by atoms with van der Waals surface area (Å²) in [7, 11) is 0. The van der Waals surface area contributed by atoms with Gasteiger partial charge in [-0.05, 0) is 136 Å². The quantitative estimate of drug-likeness (QED) is 0.0653.